The van der Waals surface area contributed by atoms with E-state index in [1.54, 1.807) is 111 Å². The smallest absolute Gasteiger partial charge is 0.347 e. The fraction of sp³-hybridized carbons (Fsp3) is 0.187. The van der Waals surface area contributed by atoms with E-state index in [2.05, 4.69) is 35.7 Å². The molecule has 0 saturated heterocycles. The first-order valence-electron chi connectivity index (χ1n) is 31.3. The summed E-state index contributed by atoms with van der Waals surface area (Å²) in [6.07, 6.45) is -0.385. The van der Waals surface area contributed by atoms with Crippen molar-refractivity contribution in [2.45, 2.75) is 33.8 Å². The van der Waals surface area contributed by atoms with Crippen LogP contribution < -0.4 is 36.7 Å². The van der Waals surface area contributed by atoms with Gasteiger partial charge >= 0.3 is 17.9 Å². The van der Waals surface area contributed by atoms with Crippen molar-refractivity contribution in [2.24, 2.45) is 21.1 Å². The number of ketones is 1. The number of aromatic hydroxyl groups is 3. The minimum Gasteiger partial charge on any atom is -0.507 e. The number of hydrogen-bond donors (Lipinski definition) is 7. The van der Waals surface area contributed by atoms with Crippen molar-refractivity contribution in [3.8, 4) is 17.2 Å². The first kappa shape index (κ1) is 81.8. The largest absolute Gasteiger partial charge is 0.507 e. The van der Waals surface area contributed by atoms with E-state index >= 15 is 0 Å². The summed E-state index contributed by atoms with van der Waals surface area (Å²) >= 11 is 29.9. The van der Waals surface area contributed by atoms with Crippen LogP contribution in [0.15, 0.2) is 184 Å². The highest BCUT2D eigenvalue weighted by molar-refractivity contribution is 6.38. The zero-order chi connectivity index (χ0) is 77.3. The Morgan fingerprint density at radius 3 is 1.41 bits per heavy atom. The fourth-order valence-electron chi connectivity index (χ4n) is 10.5. The van der Waals surface area contributed by atoms with E-state index in [1.165, 1.54) is 77.6 Å². The number of aliphatic hydroxyl groups excluding tert-OH is 2. The molecule has 2 amide bonds. The van der Waals surface area contributed by atoms with E-state index in [0.29, 0.717) is 43.2 Å². The third kappa shape index (κ3) is 18.2. The number of aliphatic hydroxyl groups is 2. The normalized spacial score (nSPS) is 11.4. The number of halogens is 5. The van der Waals surface area contributed by atoms with Crippen LogP contribution in [0.25, 0.3) is 38.5 Å². The number of anilines is 4. The SMILES string of the molecule is C=C1C=C(O)c2c(Cl)cccc2N1C.CC(=O)c1c(O)c2c(Cl)cccc2n(C)c1=O.CCN(C(=O)C(O)C(=O)N(C)c1cccc(Cl)c1C(=O)O)c1ccccc1.CCNc1ccccc1.CCOC(=O)c1c(O)c2c(Cl)cccc2n(C)c1=O.COC(=O)c1c(O)c2c(Cl)cccc2n(C)c1=O. The second-order valence-electron chi connectivity index (χ2n) is 22.2. The molecule has 0 bridgehead atoms. The summed E-state index contributed by atoms with van der Waals surface area (Å²) in [5.74, 6) is -6.39. The molecule has 0 saturated carbocycles. The number of methoxy groups -OCH3 is 1. The number of benzene rings is 7. The first-order chi connectivity index (χ1) is 49.2. The molecule has 1 atom stereocenters. The molecular weight excluding hydrogens is 1450 g/mol. The van der Waals surface area contributed by atoms with Gasteiger partial charge in [-0.1, -0.05) is 131 Å². The Morgan fingerprint density at radius 1 is 0.548 bits per heavy atom. The van der Waals surface area contributed by atoms with Gasteiger partial charge in [0.15, 0.2) is 16.9 Å². The predicted molar refractivity (Wildman–Crippen MR) is 407 cm³/mol. The van der Waals surface area contributed by atoms with Crippen LogP contribution in [0, 0.1) is 0 Å². The molecule has 104 heavy (non-hydrogen) atoms. The molecule has 1 aliphatic rings. The van der Waals surface area contributed by atoms with Gasteiger partial charge < -0.3 is 73.8 Å². The number of carboxylic acid groups (broad SMARTS) is 1. The number of likely N-dealkylation sites (N-methyl/N-ethyl adjacent to an activating group) is 3. The number of para-hydroxylation sites is 2. The second kappa shape index (κ2) is 36.7. The molecule has 7 N–H and O–H groups in total. The molecule has 0 fully saturated rings. The molecule has 0 aliphatic carbocycles. The molecule has 10 aromatic rings. The molecule has 7 aromatic carbocycles. The topological polar surface area (TPSA) is 330 Å². The Labute approximate surface area is 620 Å². The minimum atomic E-state index is -1.99. The van der Waals surface area contributed by atoms with Gasteiger partial charge in [0.25, 0.3) is 28.5 Å². The maximum Gasteiger partial charge on any atom is 0.347 e. The zero-order valence-corrected chi connectivity index (χ0v) is 61.4. The van der Waals surface area contributed by atoms with E-state index in [1.807, 2.05) is 42.3 Å². The standard InChI is InChI=1S/C19H19ClN2O5.C13H12ClNO4.C12H10ClNO4.C12H10ClNO3.C11H10ClNO.C8H11N/c1-3-22(12-8-5-4-6-9-12)18(25)16(23)17(24)21(2)14-11-7-10-13(20)15(14)19(26)27;1-3-19-13(18)10-11(16)9-7(14)5-4-6-8(9)15(2)12(10)17;1-14-7-5-3-4-6(13)8(7)10(15)9(11(14)16)12(17)18-2;1-6(15)9-11(16)10-7(13)4-3-5-8(10)14(2)12(9)17;1-7-6-10(14)11-8(12)4-3-5-9(11)13(7)2;1-2-9-8-6-4-3-5-7-8/h4-11,16,23H,3H2,1-2H3,(H,26,27);4-6,16H,3H2,1-2H3;3-5,15H,1-2H3;3-5,16H,1-2H3;3-6,14H,1H2,2H3;3-7,9H,2H2,1H3. The highest BCUT2D eigenvalue weighted by atomic mass is 35.5. The Balaban J connectivity index is 0.000000201. The van der Waals surface area contributed by atoms with Gasteiger partial charge in [-0.05, 0) is 113 Å². The van der Waals surface area contributed by atoms with Crippen molar-refractivity contribution in [2.75, 3.05) is 60.9 Å². The van der Waals surface area contributed by atoms with Gasteiger partial charge in [-0.15, -0.1) is 0 Å². The number of amides is 2. The van der Waals surface area contributed by atoms with Crippen molar-refractivity contribution in [3.63, 3.8) is 0 Å². The van der Waals surface area contributed by atoms with E-state index < -0.39 is 80.9 Å². The summed E-state index contributed by atoms with van der Waals surface area (Å²) in [5.41, 5.74) is 2.28. The lowest BCUT2D eigenvalue weighted by Gasteiger charge is -2.27. The lowest BCUT2D eigenvalue weighted by Crippen LogP contribution is -2.48. The lowest BCUT2D eigenvalue weighted by molar-refractivity contribution is -0.137. The number of carboxylic acids is 1. The van der Waals surface area contributed by atoms with Crippen LogP contribution in [0.2, 0.25) is 25.1 Å². The minimum absolute atomic E-state index is 0.0189. The van der Waals surface area contributed by atoms with Crippen molar-refractivity contribution in [3.05, 3.63) is 254 Å². The number of aryl methyl sites for hydroxylation is 3. The molecule has 0 spiro atoms. The summed E-state index contributed by atoms with van der Waals surface area (Å²) in [6.45, 7) is 11.8. The Kier molecular flexibility index (Phi) is 28.8. The van der Waals surface area contributed by atoms with Gasteiger partial charge in [-0.3, -0.25) is 28.8 Å². The van der Waals surface area contributed by atoms with Crippen molar-refractivity contribution >= 4 is 155 Å². The number of nitrogens with one attached hydrogen (secondary N) is 1. The average Bonchev–Trinajstić information content (AvgIpc) is 0.786. The molecule has 3 aromatic heterocycles. The van der Waals surface area contributed by atoms with Crippen LogP contribution in [0.1, 0.15) is 74.7 Å². The third-order valence-electron chi connectivity index (χ3n) is 15.8. The van der Waals surface area contributed by atoms with E-state index in [-0.39, 0.29) is 67.3 Å². The molecule has 24 nitrogen and oxygen atoms in total. The Morgan fingerprint density at radius 2 is 0.971 bits per heavy atom. The molecule has 1 aliphatic heterocycles. The molecule has 11 rings (SSSR count). The third-order valence-corrected chi connectivity index (χ3v) is 17.3. The number of Topliss-reactive ketones (excluding diaryl/α,β-unsaturated/α-hetero) is 1. The van der Waals surface area contributed by atoms with E-state index in [9.17, 15) is 73.8 Å². The summed E-state index contributed by atoms with van der Waals surface area (Å²) < 4.78 is 13.1. The van der Waals surface area contributed by atoms with Crippen LogP contribution in [0.5, 0.6) is 17.2 Å². The van der Waals surface area contributed by atoms with Gasteiger partial charge in [0.05, 0.1) is 88.5 Å². The highest BCUT2D eigenvalue weighted by Crippen LogP contribution is 2.39. The number of carbonyl (C=O) groups is 6. The maximum atomic E-state index is 12.6. The monoisotopic (exact) mass is 1520 g/mol. The number of ether oxygens (including phenoxy) is 2. The van der Waals surface area contributed by atoms with Gasteiger partial charge in [-0.25, -0.2) is 14.4 Å². The zero-order valence-electron chi connectivity index (χ0n) is 57.7. The predicted octanol–water partition coefficient (Wildman–Crippen LogP) is 13.6. The van der Waals surface area contributed by atoms with Crippen LogP contribution in [0.4, 0.5) is 22.7 Å². The molecule has 4 heterocycles. The van der Waals surface area contributed by atoms with Gasteiger partial charge in [-0.2, -0.15) is 0 Å². The van der Waals surface area contributed by atoms with E-state index in [0.717, 1.165) is 29.9 Å². The number of pyridine rings is 3. The van der Waals surface area contributed by atoms with Crippen molar-refractivity contribution in [1.82, 2.24) is 13.7 Å². The van der Waals surface area contributed by atoms with E-state index in [4.69, 9.17) is 62.7 Å². The number of fused-ring (bicyclic) bond motifs is 4. The van der Waals surface area contributed by atoms with Crippen LogP contribution in [0.3, 0.4) is 0 Å². The Bertz CT molecular complexity index is 5160. The number of aromatic carboxylic acids is 1. The fourth-order valence-corrected chi connectivity index (χ4v) is 11.8. The molecule has 29 heteroatoms. The van der Waals surface area contributed by atoms with Crippen LogP contribution >= 0.6 is 58.0 Å². The number of hydrogen-bond acceptors (Lipinski definition) is 18. The second-order valence-corrected chi connectivity index (χ2v) is 24.2. The van der Waals surface area contributed by atoms with Crippen molar-refractivity contribution < 1.29 is 68.9 Å². The van der Waals surface area contributed by atoms with Gasteiger partial charge in [0.2, 0.25) is 6.10 Å². The number of rotatable bonds is 12. The molecule has 544 valence electrons. The number of nitrogens with zero attached hydrogens (tertiary/aromatic N) is 6. The van der Waals surface area contributed by atoms with Gasteiger partial charge in [0.1, 0.15) is 34.1 Å². The number of carbonyl (C=O) groups excluding carboxylic acids is 5. The summed E-state index contributed by atoms with van der Waals surface area (Å²) in [6, 6.07) is 43.2. The summed E-state index contributed by atoms with van der Waals surface area (Å²) in [5, 5.41) is 64.9. The number of esters is 2. The number of aromatic nitrogens is 3. The highest BCUT2D eigenvalue weighted by Gasteiger charge is 2.34. The average molecular weight is 1520 g/mol. The van der Waals surface area contributed by atoms with Crippen LogP contribution in [-0.4, -0.2) is 127 Å². The van der Waals surface area contributed by atoms with Gasteiger partial charge in [0, 0.05) is 71.5 Å². The van der Waals surface area contributed by atoms with Crippen LogP contribution in [-0.2, 0) is 40.2 Å². The lowest BCUT2D eigenvalue weighted by atomic mass is 10.1. The number of allylic oxidation sites excluding steroid dienone is 1. The molecular formula is C75H72Cl5N7O17. The molecule has 1 unspecified atom stereocenters. The van der Waals surface area contributed by atoms with Crippen molar-refractivity contribution in [1.29, 1.82) is 0 Å². The quantitative estimate of drug-likeness (QED) is 0.0339. The maximum absolute atomic E-state index is 12.6. The first-order valence-corrected chi connectivity index (χ1v) is 33.2. The summed E-state index contributed by atoms with van der Waals surface area (Å²) in [7, 11) is 8.83. The molecule has 0 radical (unpaired) electrons. The summed E-state index contributed by atoms with van der Waals surface area (Å²) in [4.78, 5) is 111. The Hall–Kier alpha value is -11.1.